The molecule has 2 rings (SSSR count). The van der Waals surface area contributed by atoms with Gasteiger partial charge in [0.05, 0.1) is 0 Å². The molecular formula is C14H22N4OS. The highest BCUT2D eigenvalue weighted by atomic mass is 32.1. The average molecular weight is 294 g/mol. The van der Waals surface area contributed by atoms with Crippen molar-refractivity contribution in [2.24, 2.45) is 11.3 Å². The SMILES string of the molecule is CC(CCNc1nn2c(=O)ccnc2s1)CC(C)(C)C. The van der Waals surface area contributed by atoms with Crippen LogP contribution in [0, 0.1) is 11.3 Å². The van der Waals surface area contributed by atoms with Crippen molar-refractivity contribution in [3.8, 4) is 0 Å². The first-order chi connectivity index (χ1) is 9.35. The number of rotatable bonds is 5. The van der Waals surface area contributed by atoms with E-state index < -0.39 is 0 Å². The zero-order chi connectivity index (χ0) is 14.8. The minimum absolute atomic E-state index is 0.139. The maximum Gasteiger partial charge on any atom is 0.275 e. The van der Waals surface area contributed by atoms with E-state index in [4.69, 9.17) is 0 Å². The lowest BCUT2D eigenvalue weighted by Crippen LogP contribution is -2.15. The molecule has 0 saturated carbocycles. The number of nitrogens with zero attached hydrogens (tertiary/aromatic N) is 3. The highest BCUT2D eigenvalue weighted by molar-refractivity contribution is 7.20. The van der Waals surface area contributed by atoms with E-state index in [9.17, 15) is 4.79 Å². The third kappa shape index (κ3) is 4.03. The van der Waals surface area contributed by atoms with Crippen LogP contribution in [0.3, 0.4) is 0 Å². The van der Waals surface area contributed by atoms with Gasteiger partial charge in [-0.15, -0.1) is 5.10 Å². The first kappa shape index (κ1) is 15.0. The Labute approximate surface area is 123 Å². The Kier molecular flexibility index (Phi) is 4.42. The molecule has 0 bridgehead atoms. The highest BCUT2D eigenvalue weighted by Crippen LogP contribution is 2.26. The number of nitrogens with one attached hydrogen (secondary N) is 1. The van der Waals surface area contributed by atoms with Gasteiger partial charge in [-0.25, -0.2) is 4.98 Å². The summed E-state index contributed by atoms with van der Waals surface area (Å²) in [6.45, 7) is 9.94. The van der Waals surface area contributed by atoms with Gasteiger partial charge >= 0.3 is 0 Å². The zero-order valence-electron chi connectivity index (χ0n) is 12.5. The second-order valence-corrected chi connectivity index (χ2v) is 7.43. The number of hydrogen-bond donors (Lipinski definition) is 1. The van der Waals surface area contributed by atoms with Crippen LogP contribution in [0.25, 0.3) is 4.96 Å². The summed E-state index contributed by atoms with van der Waals surface area (Å²) in [6, 6.07) is 1.42. The molecule has 1 unspecified atom stereocenters. The molecule has 6 heteroatoms. The van der Waals surface area contributed by atoms with Crippen LogP contribution in [-0.4, -0.2) is 21.1 Å². The summed E-state index contributed by atoms with van der Waals surface area (Å²) in [5.74, 6) is 0.665. The minimum atomic E-state index is -0.139. The van der Waals surface area contributed by atoms with Crippen molar-refractivity contribution in [2.45, 2.75) is 40.5 Å². The van der Waals surface area contributed by atoms with Gasteiger partial charge < -0.3 is 5.32 Å². The fourth-order valence-electron chi connectivity index (χ4n) is 2.39. The molecule has 0 aliphatic carbocycles. The molecule has 0 saturated heterocycles. The number of aromatic nitrogens is 3. The zero-order valence-corrected chi connectivity index (χ0v) is 13.3. The van der Waals surface area contributed by atoms with Crippen molar-refractivity contribution in [3.05, 3.63) is 22.6 Å². The molecule has 0 aliphatic rings. The Morgan fingerprint density at radius 2 is 2.20 bits per heavy atom. The van der Waals surface area contributed by atoms with E-state index in [1.54, 1.807) is 0 Å². The molecule has 0 amide bonds. The molecule has 2 heterocycles. The van der Waals surface area contributed by atoms with Crippen LogP contribution in [0.15, 0.2) is 17.1 Å². The Morgan fingerprint density at radius 1 is 1.45 bits per heavy atom. The molecule has 0 spiro atoms. The molecule has 1 N–H and O–H groups in total. The van der Waals surface area contributed by atoms with E-state index in [0.717, 1.165) is 18.1 Å². The summed E-state index contributed by atoms with van der Waals surface area (Å²) in [4.78, 5) is 16.3. The predicted molar refractivity (Wildman–Crippen MR) is 83.5 cm³/mol. The Morgan fingerprint density at radius 3 is 2.85 bits per heavy atom. The molecule has 20 heavy (non-hydrogen) atoms. The van der Waals surface area contributed by atoms with Gasteiger partial charge in [-0.1, -0.05) is 39.0 Å². The molecular weight excluding hydrogens is 272 g/mol. The molecule has 0 aliphatic heterocycles. The van der Waals surface area contributed by atoms with E-state index >= 15 is 0 Å². The molecule has 2 aromatic heterocycles. The van der Waals surface area contributed by atoms with Crippen LogP contribution in [0.1, 0.15) is 40.5 Å². The second kappa shape index (κ2) is 5.91. The Hall–Kier alpha value is -1.43. The van der Waals surface area contributed by atoms with Crippen molar-refractivity contribution in [1.82, 2.24) is 14.6 Å². The molecule has 0 fully saturated rings. The Bertz CT molecular complexity index is 626. The second-order valence-electron chi connectivity index (χ2n) is 6.47. The van der Waals surface area contributed by atoms with Gasteiger partial charge in [-0.3, -0.25) is 4.79 Å². The van der Waals surface area contributed by atoms with Gasteiger partial charge in [0, 0.05) is 18.8 Å². The maximum absolute atomic E-state index is 11.6. The smallest absolute Gasteiger partial charge is 0.275 e. The van der Waals surface area contributed by atoms with Gasteiger partial charge in [-0.05, 0) is 24.2 Å². The first-order valence-electron chi connectivity index (χ1n) is 6.94. The van der Waals surface area contributed by atoms with Gasteiger partial charge in [-0.2, -0.15) is 4.52 Å². The van der Waals surface area contributed by atoms with E-state index in [-0.39, 0.29) is 5.56 Å². The molecule has 5 nitrogen and oxygen atoms in total. The molecule has 0 radical (unpaired) electrons. The van der Waals surface area contributed by atoms with Crippen LogP contribution >= 0.6 is 11.3 Å². The maximum atomic E-state index is 11.6. The lowest BCUT2D eigenvalue weighted by molar-refractivity contribution is 0.300. The number of anilines is 1. The van der Waals surface area contributed by atoms with Crippen molar-refractivity contribution in [2.75, 3.05) is 11.9 Å². The lowest BCUT2D eigenvalue weighted by atomic mass is 9.84. The third-order valence-electron chi connectivity index (χ3n) is 3.05. The standard InChI is InChI=1S/C14H22N4OS/c1-10(9-14(2,3)4)5-7-15-12-17-18-11(19)6-8-16-13(18)20-12/h6,8,10H,5,7,9H2,1-4H3,(H,15,17). The molecule has 110 valence electrons. The fourth-order valence-corrected chi connectivity index (χ4v) is 3.19. The van der Waals surface area contributed by atoms with E-state index in [1.807, 2.05) is 0 Å². The quantitative estimate of drug-likeness (QED) is 0.921. The number of hydrogen-bond acceptors (Lipinski definition) is 5. The molecule has 0 aromatic carbocycles. The lowest BCUT2D eigenvalue weighted by Gasteiger charge is -2.23. The van der Waals surface area contributed by atoms with Crippen LogP contribution in [-0.2, 0) is 0 Å². The van der Waals surface area contributed by atoms with Crippen LogP contribution in [0.4, 0.5) is 5.13 Å². The van der Waals surface area contributed by atoms with Crippen LogP contribution in [0.5, 0.6) is 0 Å². The first-order valence-corrected chi connectivity index (χ1v) is 7.75. The van der Waals surface area contributed by atoms with Crippen molar-refractivity contribution in [1.29, 1.82) is 0 Å². The summed E-state index contributed by atoms with van der Waals surface area (Å²) in [5, 5.41) is 8.27. The third-order valence-corrected chi connectivity index (χ3v) is 3.93. The van der Waals surface area contributed by atoms with Crippen molar-refractivity contribution < 1.29 is 0 Å². The molecule has 1 atom stereocenters. The largest absolute Gasteiger partial charge is 0.360 e. The van der Waals surface area contributed by atoms with Gasteiger partial charge in [0.25, 0.3) is 5.56 Å². The van der Waals surface area contributed by atoms with Crippen molar-refractivity contribution in [3.63, 3.8) is 0 Å². The van der Waals surface area contributed by atoms with E-state index in [2.05, 4.69) is 43.1 Å². The summed E-state index contributed by atoms with van der Waals surface area (Å²) >= 11 is 1.41. The van der Waals surface area contributed by atoms with Gasteiger partial charge in [0.1, 0.15) is 0 Å². The van der Waals surface area contributed by atoms with Crippen LogP contribution < -0.4 is 10.9 Å². The average Bonchev–Trinajstić information content (AvgIpc) is 2.71. The van der Waals surface area contributed by atoms with Crippen LogP contribution in [0.2, 0.25) is 0 Å². The Balaban J connectivity index is 1.90. The van der Waals surface area contributed by atoms with Crippen molar-refractivity contribution >= 4 is 21.4 Å². The number of fused-ring (bicyclic) bond motifs is 1. The summed E-state index contributed by atoms with van der Waals surface area (Å²) in [7, 11) is 0. The highest BCUT2D eigenvalue weighted by Gasteiger charge is 2.15. The predicted octanol–water partition coefficient (Wildman–Crippen LogP) is 3.03. The van der Waals surface area contributed by atoms with Gasteiger partial charge in [0.2, 0.25) is 10.1 Å². The topological polar surface area (TPSA) is 59.3 Å². The van der Waals surface area contributed by atoms with E-state index in [0.29, 0.717) is 16.3 Å². The minimum Gasteiger partial charge on any atom is -0.360 e. The van der Waals surface area contributed by atoms with Gasteiger partial charge in [0.15, 0.2) is 0 Å². The summed E-state index contributed by atoms with van der Waals surface area (Å²) < 4.78 is 1.34. The summed E-state index contributed by atoms with van der Waals surface area (Å²) in [5.41, 5.74) is 0.229. The van der Waals surface area contributed by atoms with E-state index in [1.165, 1.54) is 34.5 Å². The molecule has 2 aromatic rings. The summed E-state index contributed by atoms with van der Waals surface area (Å²) in [6.07, 6.45) is 3.82. The normalized spacial score (nSPS) is 13.6. The fraction of sp³-hybridized carbons (Fsp3) is 0.643. The monoisotopic (exact) mass is 294 g/mol.